The fourth-order valence-electron chi connectivity index (χ4n) is 2.44. The maximum absolute atomic E-state index is 10.8. The second kappa shape index (κ2) is 4.11. The van der Waals surface area contributed by atoms with Gasteiger partial charge in [0.05, 0.1) is 10.5 Å². The molecule has 0 fully saturated rings. The van der Waals surface area contributed by atoms with Gasteiger partial charge in [-0.25, -0.2) is 0 Å². The van der Waals surface area contributed by atoms with Crippen LogP contribution in [0.5, 0.6) is 0 Å². The SMILES string of the molecule is O=Cc1cc(Cl)c2cc3c(nc2c1)CCCC3. The molecule has 1 heterocycles. The first-order chi connectivity index (χ1) is 8.28. The number of nitrogens with zero attached hydrogens (tertiary/aromatic N) is 1. The summed E-state index contributed by atoms with van der Waals surface area (Å²) in [6, 6.07) is 5.64. The molecule has 2 nitrogen and oxygen atoms in total. The Hall–Kier alpha value is -1.41. The predicted octanol–water partition coefficient (Wildman–Crippen LogP) is 3.58. The van der Waals surface area contributed by atoms with Crippen LogP contribution in [0.4, 0.5) is 0 Å². The van der Waals surface area contributed by atoms with E-state index in [1.807, 2.05) is 6.07 Å². The van der Waals surface area contributed by atoms with Crippen molar-refractivity contribution in [1.29, 1.82) is 0 Å². The van der Waals surface area contributed by atoms with Crippen LogP contribution in [0.15, 0.2) is 18.2 Å². The van der Waals surface area contributed by atoms with Gasteiger partial charge in [-0.1, -0.05) is 11.6 Å². The lowest BCUT2D eigenvalue weighted by Gasteiger charge is -2.16. The first-order valence-corrected chi connectivity index (χ1v) is 6.23. The Morgan fingerprint density at radius 2 is 2.00 bits per heavy atom. The van der Waals surface area contributed by atoms with Gasteiger partial charge in [-0.15, -0.1) is 0 Å². The molecule has 0 N–H and O–H groups in total. The van der Waals surface area contributed by atoms with Crippen molar-refractivity contribution in [1.82, 2.24) is 4.98 Å². The summed E-state index contributed by atoms with van der Waals surface area (Å²) in [5, 5.41) is 1.57. The highest BCUT2D eigenvalue weighted by Gasteiger charge is 2.13. The van der Waals surface area contributed by atoms with E-state index in [9.17, 15) is 4.79 Å². The largest absolute Gasteiger partial charge is 0.298 e. The molecule has 2 aromatic rings. The number of fused-ring (bicyclic) bond motifs is 2. The van der Waals surface area contributed by atoms with Crippen molar-refractivity contribution in [2.24, 2.45) is 0 Å². The van der Waals surface area contributed by atoms with Crippen LogP contribution >= 0.6 is 11.6 Å². The fraction of sp³-hybridized carbons (Fsp3) is 0.286. The monoisotopic (exact) mass is 245 g/mol. The number of aldehydes is 1. The van der Waals surface area contributed by atoms with Gasteiger partial charge >= 0.3 is 0 Å². The molecular weight excluding hydrogens is 234 g/mol. The molecular formula is C14H12ClNO. The van der Waals surface area contributed by atoms with Crippen molar-refractivity contribution in [2.45, 2.75) is 25.7 Å². The van der Waals surface area contributed by atoms with E-state index in [0.29, 0.717) is 10.6 Å². The minimum absolute atomic E-state index is 0.589. The van der Waals surface area contributed by atoms with Gasteiger partial charge in [0.2, 0.25) is 0 Å². The van der Waals surface area contributed by atoms with Crippen molar-refractivity contribution in [3.8, 4) is 0 Å². The van der Waals surface area contributed by atoms with Crippen molar-refractivity contribution < 1.29 is 4.79 Å². The summed E-state index contributed by atoms with van der Waals surface area (Å²) in [5.41, 5.74) is 3.90. The molecule has 0 aliphatic heterocycles. The number of hydrogen-bond donors (Lipinski definition) is 0. The number of carbonyl (C=O) groups is 1. The second-order valence-electron chi connectivity index (χ2n) is 4.49. The first kappa shape index (κ1) is 10.7. The van der Waals surface area contributed by atoms with E-state index in [2.05, 4.69) is 11.1 Å². The van der Waals surface area contributed by atoms with E-state index in [-0.39, 0.29) is 0 Å². The molecule has 0 saturated carbocycles. The number of halogens is 1. The molecule has 3 heteroatoms. The van der Waals surface area contributed by atoms with Gasteiger partial charge in [0.1, 0.15) is 6.29 Å². The molecule has 0 saturated heterocycles. The quantitative estimate of drug-likeness (QED) is 0.719. The summed E-state index contributed by atoms with van der Waals surface area (Å²) in [6.07, 6.45) is 5.36. The van der Waals surface area contributed by atoms with Crippen LogP contribution in [0.2, 0.25) is 5.02 Å². The van der Waals surface area contributed by atoms with Gasteiger partial charge in [0.15, 0.2) is 0 Å². The zero-order chi connectivity index (χ0) is 11.8. The van der Waals surface area contributed by atoms with Crippen molar-refractivity contribution >= 4 is 28.8 Å². The van der Waals surface area contributed by atoms with E-state index in [0.717, 1.165) is 30.0 Å². The summed E-state index contributed by atoms with van der Waals surface area (Å²) >= 11 is 6.18. The van der Waals surface area contributed by atoms with Crippen LogP contribution in [0.3, 0.4) is 0 Å². The molecule has 0 bridgehead atoms. The molecule has 1 aromatic carbocycles. The van der Waals surface area contributed by atoms with E-state index in [4.69, 9.17) is 11.6 Å². The molecule has 1 aliphatic rings. The summed E-state index contributed by atoms with van der Waals surface area (Å²) in [6.45, 7) is 0. The van der Waals surface area contributed by atoms with Crippen LogP contribution in [-0.4, -0.2) is 11.3 Å². The highest BCUT2D eigenvalue weighted by Crippen LogP contribution is 2.29. The molecule has 0 amide bonds. The average Bonchev–Trinajstić information content (AvgIpc) is 2.36. The summed E-state index contributed by atoms with van der Waals surface area (Å²) in [5.74, 6) is 0. The van der Waals surface area contributed by atoms with Crippen molar-refractivity contribution in [3.05, 3.63) is 40.0 Å². The Kier molecular flexibility index (Phi) is 2.60. The molecule has 0 radical (unpaired) electrons. The fourth-order valence-corrected chi connectivity index (χ4v) is 2.72. The van der Waals surface area contributed by atoms with Gasteiger partial charge in [0.25, 0.3) is 0 Å². The van der Waals surface area contributed by atoms with Crippen LogP contribution in [0, 0.1) is 0 Å². The lowest BCUT2D eigenvalue weighted by molar-refractivity contribution is 0.112. The molecule has 0 unspecified atom stereocenters. The second-order valence-corrected chi connectivity index (χ2v) is 4.90. The van der Waals surface area contributed by atoms with Gasteiger partial charge in [-0.3, -0.25) is 9.78 Å². The van der Waals surface area contributed by atoms with E-state index in [1.165, 1.54) is 24.1 Å². The number of rotatable bonds is 1. The molecule has 0 spiro atoms. The zero-order valence-electron chi connectivity index (χ0n) is 9.37. The highest BCUT2D eigenvalue weighted by atomic mass is 35.5. The van der Waals surface area contributed by atoms with Crippen molar-refractivity contribution in [3.63, 3.8) is 0 Å². The van der Waals surface area contributed by atoms with Crippen molar-refractivity contribution in [2.75, 3.05) is 0 Å². The van der Waals surface area contributed by atoms with Crippen LogP contribution in [0.25, 0.3) is 10.9 Å². The number of benzene rings is 1. The lowest BCUT2D eigenvalue weighted by Crippen LogP contribution is -2.05. The third-order valence-corrected chi connectivity index (χ3v) is 3.63. The number of hydrogen-bond acceptors (Lipinski definition) is 2. The number of pyridine rings is 1. The minimum atomic E-state index is 0.589. The topological polar surface area (TPSA) is 30.0 Å². The van der Waals surface area contributed by atoms with Crippen LogP contribution < -0.4 is 0 Å². The smallest absolute Gasteiger partial charge is 0.150 e. The normalized spacial score (nSPS) is 14.6. The van der Waals surface area contributed by atoms with Gasteiger partial charge in [0, 0.05) is 16.6 Å². The standard InChI is InChI=1S/C14H12ClNO/c15-12-5-9(8-17)6-14-11(12)7-10-3-1-2-4-13(10)16-14/h5-8H,1-4H2. The lowest BCUT2D eigenvalue weighted by atomic mass is 9.94. The first-order valence-electron chi connectivity index (χ1n) is 5.85. The number of aromatic nitrogens is 1. The Balaban J connectivity index is 2.29. The summed E-state index contributed by atoms with van der Waals surface area (Å²) in [7, 11) is 0. The highest BCUT2D eigenvalue weighted by molar-refractivity contribution is 6.35. The molecule has 0 atom stereocenters. The molecule has 1 aromatic heterocycles. The maximum Gasteiger partial charge on any atom is 0.150 e. The molecule has 86 valence electrons. The van der Waals surface area contributed by atoms with Gasteiger partial charge in [-0.05, 0) is 49.4 Å². The molecule has 17 heavy (non-hydrogen) atoms. The Morgan fingerprint density at radius 3 is 2.82 bits per heavy atom. The van der Waals surface area contributed by atoms with E-state index < -0.39 is 0 Å². The summed E-state index contributed by atoms with van der Waals surface area (Å²) < 4.78 is 0. The molecule has 3 rings (SSSR count). The third-order valence-electron chi connectivity index (χ3n) is 3.32. The van der Waals surface area contributed by atoms with Crippen LogP contribution in [0.1, 0.15) is 34.5 Å². The van der Waals surface area contributed by atoms with Gasteiger partial charge < -0.3 is 0 Å². The van der Waals surface area contributed by atoms with Gasteiger partial charge in [-0.2, -0.15) is 0 Å². The van der Waals surface area contributed by atoms with E-state index in [1.54, 1.807) is 6.07 Å². The minimum Gasteiger partial charge on any atom is -0.298 e. The number of aryl methyl sites for hydroxylation is 2. The van der Waals surface area contributed by atoms with E-state index >= 15 is 0 Å². The Bertz CT molecular complexity index is 607. The maximum atomic E-state index is 10.8. The average molecular weight is 246 g/mol. The summed E-state index contributed by atoms with van der Waals surface area (Å²) in [4.78, 5) is 15.4. The zero-order valence-corrected chi connectivity index (χ0v) is 10.1. The third kappa shape index (κ3) is 1.83. The van der Waals surface area contributed by atoms with Crippen LogP contribution in [-0.2, 0) is 12.8 Å². The predicted molar refractivity (Wildman–Crippen MR) is 68.8 cm³/mol. The Labute approximate surface area is 105 Å². The number of carbonyl (C=O) groups excluding carboxylic acids is 1. The Morgan fingerprint density at radius 1 is 1.18 bits per heavy atom. The molecule has 1 aliphatic carbocycles.